The molecule has 2 aromatic carbocycles. The molecule has 1 atom stereocenters. The number of oxime groups is 1. The predicted molar refractivity (Wildman–Crippen MR) is 84.3 cm³/mol. The number of methoxy groups -OCH3 is 1. The van der Waals surface area contributed by atoms with Crippen molar-refractivity contribution in [1.82, 2.24) is 0 Å². The molecule has 0 N–H and O–H groups in total. The van der Waals surface area contributed by atoms with E-state index < -0.39 is 0 Å². The Labute approximate surface area is 124 Å². The molecule has 21 heavy (non-hydrogen) atoms. The van der Waals surface area contributed by atoms with Crippen LogP contribution in [0.1, 0.15) is 23.7 Å². The second-order valence-electron chi connectivity index (χ2n) is 4.95. The van der Waals surface area contributed by atoms with Crippen molar-refractivity contribution in [1.29, 1.82) is 0 Å². The SMILES string of the molecule is C=C(C1=NO[C@H](c2ccccc2)C1)c1ccc(OC)cc1. The van der Waals surface area contributed by atoms with Gasteiger partial charge in [0.25, 0.3) is 0 Å². The number of benzene rings is 2. The zero-order chi connectivity index (χ0) is 14.7. The first-order valence-electron chi connectivity index (χ1n) is 6.89. The summed E-state index contributed by atoms with van der Waals surface area (Å²) >= 11 is 0. The summed E-state index contributed by atoms with van der Waals surface area (Å²) in [5.41, 5.74) is 3.97. The van der Waals surface area contributed by atoms with Crippen molar-refractivity contribution in [3.8, 4) is 5.75 Å². The number of ether oxygens (including phenoxy) is 1. The number of nitrogens with zero attached hydrogens (tertiary/aromatic N) is 1. The summed E-state index contributed by atoms with van der Waals surface area (Å²) < 4.78 is 5.16. The number of allylic oxidation sites excluding steroid dienone is 1. The third kappa shape index (κ3) is 2.82. The van der Waals surface area contributed by atoms with Crippen molar-refractivity contribution in [3.05, 3.63) is 72.3 Å². The Morgan fingerprint density at radius 1 is 1.14 bits per heavy atom. The van der Waals surface area contributed by atoms with Crippen LogP contribution in [0.2, 0.25) is 0 Å². The minimum absolute atomic E-state index is 0.0174. The maximum Gasteiger partial charge on any atom is 0.158 e. The van der Waals surface area contributed by atoms with Crippen LogP contribution in [0.4, 0.5) is 0 Å². The molecule has 0 unspecified atom stereocenters. The van der Waals surface area contributed by atoms with Gasteiger partial charge in [-0.3, -0.25) is 0 Å². The molecular formula is C18H17NO2. The van der Waals surface area contributed by atoms with Crippen LogP contribution in [0, 0.1) is 0 Å². The van der Waals surface area contributed by atoms with E-state index >= 15 is 0 Å². The first kappa shape index (κ1) is 13.4. The second-order valence-corrected chi connectivity index (χ2v) is 4.95. The van der Waals surface area contributed by atoms with E-state index in [1.54, 1.807) is 7.11 Å². The van der Waals surface area contributed by atoms with Gasteiger partial charge in [0.2, 0.25) is 0 Å². The van der Waals surface area contributed by atoms with Gasteiger partial charge in [0.15, 0.2) is 6.10 Å². The van der Waals surface area contributed by atoms with Crippen LogP contribution in [0.15, 0.2) is 66.3 Å². The third-order valence-corrected chi connectivity index (χ3v) is 3.63. The minimum Gasteiger partial charge on any atom is -0.497 e. The average Bonchev–Trinajstić information content (AvgIpc) is 3.05. The lowest BCUT2D eigenvalue weighted by Crippen LogP contribution is -2.01. The lowest BCUT2D eigenvalue weighted by molar-refractivity contribution is 0.0857. The van der Waals surface area contributed by atoms with Crippen LogP contribution in [0.3, 0.4) is 0 Å². The summed E-state index contributed by atoms with van der Waals surface area (Å²) in [5, 5.41) is 4.20. The van der Waals surface area contributed by atoms with E-state index in [1.165, 1.54) is 0 Å². The molecule has 3 rings (SSSR count). The van der Waals surface area contributed by atoms with E-state index in [-0.39, 0.29) is 6.10 Å². The quantitative estimate of drug-likeness (QED) is 0.838. The van der Waals surface area contributed by atoms with Crippen LogP contribution in [0.5, 0.6) is 5.75 Å². The summed E-state index contributed by atoms with van der Waals surface area (Å²) in [6.45, 7) is 4.14. The topological polar surface area (TPSA) is 30.8 Å². The maximum absolute atomic E-state index is 5.54. The first-order valence-corrected chi connectivity index (χ1v) is 6.89. The molecule has 0 aliphatic carbocycles. The normalized spacial score (nSPS) is 17.0. The Morgan fingerprint density at radius 3 is 2.52 bits per heavy atom. The van der Waals surface area contributed by atoms with E-state index in [9.17, 15) is 0 Å². The molecule has 0 fully saturated rings. The molecule has 3 nitrogen and oxygen atoms in total. The highest BCUT2D eigenvalue weighted by atomic mass is 16.6. The minimum atomic E-state index is -0.0174. The van der Waals surface area contributed by atoms with Crippen LogP contribution < -0.4 is 4.74 Å². The van der Waals surface area contributed by atoms with Crippen LogP contribution >= 0.6 is 0 Å². The molecule has 0 saturated heterocycles. The highest BCUT2D eigenvalue weighted by molar-refractivity contribution is 6.23. The van der Waals surface area contributed by atoms with Gasteiger partial charge in [-0.15, -0.1) is 0 Å². The van der Waals surface area contributed by atoms with Crippen LogP contribution in [-0.2, 0) is 4.84 Å². The summed E-state index contributed by atoms with van der Waals surface area (Å²) in [7, 11) is 1.66. The van der Waals surface area contributed by atoms with Gasteiger partial charge >= 0.3 is 0 Å². The third-order valence-electron chi connectivity index (χ3n) is 3.63. The Balaban J connectivity index is 1.72. The Kier molecular flexibility index (Phi) is 3.73. The molecule has 1 aliphatic heterocycles. The Hall–Kier alpha value is -2.55. The van der Waals surface area contributed by atoms with Gasteiger partial charge in [-0.2, -0.15) is 0 Å². The lowest BCUT2D eigenvalue weighted by Gasteiger charge is -2.08. The lowest BCUT2D eigenvalue weighted by atomic mass is 9.97. The van der Waals surface area contributed by atoms with E-state index in [4.69, 9.17) is 9.57 Å². The van der Waals surface area contributed by atoms with Crippen molar-refractivity contribution >= 4 is 11.3 Å². The van der Waals surface area contributed by atoms with Gasteiger partial charge in [-0.05, 0) is 28.8 Å². The highest BCUT2D eigenvalue weighted by Crippen LogP contribution is 2.31. The van der Waals surface area contributed by atoms with Crippen molar-refractivity contribution in [2.24, 2.45) is 5.16 Å². The van der Waals surface area contributed by atoms with E-state index in [0.29, 0.717) is 0 Å². The zero-order valence-corrected chi connectivity index (χ0v) is 12.0. The molecule has 0 bridgehead atoms. The molecule has 1 heterocycles. The van der Waals surface area contributed by atoms with Gasteiger partial charge in [0.1, 0.15) is 5.75 Å². The number of hydrogen-bond donors (Lipinski definition) is 0. The highest BCUT2D eigenvalue weighted by Gasteiger charge is 2.24. The van der Waals surface area contributed by atoms with Crippen molar-refractivity contribution in [2.45, 2.75) is 12.5 Å². The van der Waals surface area contributed by atoms with E-state index in [0.717, 1.165) is 34.6 Å². The summed E-state index contributed by atoms with van der Waals surface area (Å²) in [5.74, 6) is 0.832. The first-order chi connectivity index (χ1) is 10.3. The largest absolute Gasteiger partial charge is 0.497 e. The van der Waals surface area contributed by atoms with E-state index in [1.807, 2.05) is 42.5 Å². The van der Waals surface area contributed by atoms with Crippen LogP contribution in [-0.4, -0.2) is 12.8 Å². The molecule has 0 radical (unpaired) electrons. The Morgan fingerprint density at radius 2 is 1.86 bits per heavy atom. The Bertz CT molecular complexity index is 659. The number of hydrogen-bond acceptors (Lipinski definition) is 3. The van der Waals surface area contributed by atoms with Gasteiger partial charge in [0, 0.05) is 6.42 Å². The molecule has 0 saturated carbocycles. The number of rotatable bonds is 4. The zero-order valence-electron chi connectivity index (χ0n) is 12.0. The summed E-state index contributed by atoms with van der Waals surface area (Å²) in [4.78, 5) is 5.54. The van der Waals surface area contributed by atoms with Crippen molar-refractivity contribution in [2.75, 3.05) is 7.11 Å². The van der Waals surface area contributed by atoms with Crippen LogP contribution in [0.25, 0.3) is 5.57 Å². The van der Waals surface area contributed by atoms with Gasteiger partial charge in [0.05, 0.1) is 12.8 Å². The fraction of sp³-hybridized carbons (Fsp3) is 0.167. The standard InChI is InChI=1S/C18H17NO2/c1-13(14-8-10-16(20-2)11-9-14)17-12-18(21-19-17)15-6-4-3-5-7-15/h3-11,18H,1,12H2,2H3/t18-/m0/s1. The molecule has 3 heteroatoms. The maximum atomic E-state index is 5.54. The second kappa shape index (κ2) is 5.83. The molecular weight excluding hydrogens is 262 g/mol. The average molecular weight is 279 g/mol. The molecule has 0 spiro atoms. The predicted octanol–water partition coefficient (Wildman–Crippen LogP) is 4.23. The summed E-state index contributed by atoms with van der Waals surface area (Å²) in [6, 6.07) is 17.9. The fourth-order valence-electron chi connectivity index (χ4n) is 2.36. The van der Waals surface area contributed by atoms with Crippen molar-refractivity contribution < 1.29 is 9.57 Å². The van der Waals surface area contributed by atoms with Gasteiger partial charge < -0.3 is 9.57 Å². The molecule has 0 amide bonds. The summed E-state index contributed by atoms with van der Waals surface area (Å²) in [6.07, 6.45) is 0.728. The molecule has 2 aromatic rings. The monoisotopic (exact) mass is 279 g/mol. The van der Waals surface area contributed by atoms with E-state index in [2.05, 4.69) is 23.9 Å². The van der Waals surface area contributed by atoms with Gasteiger partial charge in [-0.1, -0.05) is 54.2 Å². The molecule has 106 valence electrons. The fourth-order valence-corrected chi connectivity index (χ4v) is 2.36. The molecule has 0 aromatic heterocycles. The van der Waals surface area contributed by atoms with Gasteiger partial charge in [-0.25, -0.2) is 0 Å². The van der Waals surface area contributed by atoms with Crippen molar-refractivity contribution in [3.63, 3.8) is 0 Å². The molecule has 1 aliphatic rings. The smallest absolute Gasteiger partial charge is 0.158 e.